The standard InChI is InChI=1S/C13H11N/c14-13-8-6-12(7-9-13)10-11-4-2-1-3-5-11/h1-10,14H/p+1. The minimum Gasteiger partial charge on any atom is -0.254 e. The Bertz CT molecular complexity index is 404. The van der Waals surface area contributed by atoms with Crippen molar-refractivity contribution < 1.29 is 5.41 Å². The van der Waals surface area contributed by atoms with Crippen molar-refractivity contribution in [3.05, 3.63) is 65.8 Å². The molecule has 0 unspecified atom stereocenters. The summed E-state index contributed by atoms with van der Waals surface area (Å²) in [5, 5.41) is 5.61. The molecule has 2 N–H and O–H groups in total. The first kappa shape index (κ1) is 8.70. The predicted molar refractivity (Wildman–Crippen MR) is 59.6 cm³/mol. The van der Waals surface area contributed by atoms with Crippen LogP contribution in [0.5, 0.6) is 0 Å². The molecule has 0 bridgehead atoms. The molecule has 0 fully saturated rings. The second-order valence-electron chi connectivity index (χ2n) is 3.22. The molecule has 0 spiro atoms. The van der Waals surface area contributed by atoms with Crippen LogP contribution in [-0.2, 0) is 0 Å². The number of benzene rings is 1. The van der Waals surface area contributed by atoms with E-state index in [0.29, 0.717) is 0 Å². The molecule has 2 rings (SSSR count). The maximum Gasteiger partial charge on any atom is 0.196 e. The number of nitrogens with two attached hydrogens (primary N) is 1. The first-order valence-corrected chi connectivity index (χ1v) is 4.60. The van der Waals surface area contributed by atoms with Gasteiger partial charge in [0, 0.05) is 12.2 Å². The van der Waals surface area contributed by atoms with E-state index in [1.54, 1.807) is 0 Å². The maximum absolute atomic E-state index is 5.61. The van der Waals surface area contributed by atoms with E-state index in [9.17, 15) is 0 Å². The zero-order chi connectivity index (χ0) is 9.80. The van der Waals surface area contributed by atoms with Crippen LogP contribution in [0.2, 0.25) is 0 Å². The lowest BCUT2D eigenvalue weighted by Crippen LogP contribution is -2.37. The molecule has 0 saturated carbocycles. The van der Waals surface area contributed by atoms with Crippen molar-refractivity contribution in [2.45, 2.75) is 0 Å². The summed E-state index contributed by atoms with van der Waals surface area (Å²) in [7, 11) is 0. The smallest absolute Gasteiger partial charge is 0.196 e. The van der Waals surface area contributed by atoms with Gasteiger partial charge in [-0.05, 0) is 29.4 Å². The molecule has 0 atom stereocenters. The van der Waals surface area contributed by atoms with E-state index in [1.165, 1.54) is 11.1 Å². The van der Waals surface area contributed by atoms with E-state index in [2.05, 4.69) is 18.2 Å². The van der Waals surface area contributed by atoms with Crippen LogP contribution in [0, 0.1) is 0 Å². The largest absolute Gasteiger partial charge is 0.254 e. The third-order valence-corrected chi connectivity index (χ3v) is 2.07. The fourth-order valence-corrected chi connectivity index (χ4v) is 1.33. The predicted octanol–water partition coefficient (Wildman–Crippen LogP) is 1.40. The SMILES string of the molecule is [NH2+]=C1C=CC(=Cc2ccccc2)C=C1. The lowest BCUT2D eigenvalue weighted by atomic mass is 10.1. The van der Waals surface area contributed by atoms with Crippen LogP contribution in [-0.4, -0.2) is 5.71 Å². The molecule has 1 aromatic rings. The molecule has 1 heteroatoms. The van der Waals surface area contributed by atoms with Crippen molar-refractivity contribution in [2.24, 2.45) is 0 Å². The second kappa shape index (κ2) is 3.88. The highest BCUT2D eigenvalue weighted by atomic mass is 14.4. The van der Waals surface area contributed by atoms with Crippen LogP contribution >= 0.6 is 0 Å². The summed E-state index contributed by atoms with van der Waals surface area (Å²) in [6.45, 7) is 0. The molecular formula is C13H12N+. The molecule has 0 saturated heterocycles. The quantitative estimate of drug-likeness (QED) is 0.679. The first-order valence-electron chi connectivity index (χ1n) is 4.60. The van der Waals surface area contributed by atoms with Gasteiger partial charge in [-0.3, -0.25) is 5.41 Å². The van der Waals surface area contributed by atoms with Gasteiger partial charge in [-0.15, -0.1) is 0 Å². The minimum atomic E-state index is 0.801. The molecular weight excluding hydrogens is 170 g/mol. The summed E-state index contributed by atoms with van der Waals surface area (Å²) in [6.07, 6.45) is 9.98. The second-order valence-corrected chi connectivity index (χ2v) is 3.22. The Hall–Kier alpha value is -1.89. The molecule has 0 radical (unpaired) electrons. The van der Waals surface area contributed by atoms with Crippen molar-refractivity contribution in [1.82, 2.24) is 0 Å². The Labute approximate surface area is 83.6 Å². The molecule has 0 aliphatic heterocycles. The van der Waals surface area contributed by atoms with Gasteiger partial charge >= 0.3 is 0 Å². The van der Waals surface area contributed by atoms with Gasteiger partial charge in [0.05, 0.1) is 0 Å². The topological polar surface area (TPSA) is 25.6 Å². The van der Waals surface area contributed by atoms with Crippen molar-refractivity contribution >= 4 is 11.8 Å². The van der Waals surface area contributed by atoms with E-state index in [0.717, 1.165) is 5.71 Å². The number of hydrogen-bond acceptors (Lipinski definition) is 0. The van der Waals surface area contributed by atoms with Gasteiger partial charge in [0.15, 0.2) is 5.71 Å². The molecule has 68 valence electrons. The monoisotopic (exact) mass is 182 g/mol. The van der Waals surface area contributed by atoms with Crippen LogP contribution < -0.4 is 5.41 Å². The molecule has 0 amide bonds. The Morgan fingerprint density at radius 1 is 0.857 bits per heavy atom. The summed E-state index contributed by atoms with van der Waals surface area (Å²) in [6, 6.07) is 10.2. The van der Waals surface area contributed by atoms with Crippen molar-refractivity contribution in [3.8, 4) is 0 Å². The summed E-state index contributed by atoms with van der Waals surface area (Å²) in [5.41, 5.74) is 3.18. The Morgan fingerprint density at radius 3 is 2.14 bits per heavy atom. The van der Waals surface area contributed by atoms with Crippen molar-refractivity contribution in [2.75, 3.05) is 0 Å². The molecule has 1 nitrogen and oxygen atoms in total. The summed E-state index contributed by atoms with van der Waals surface area (Å²) in [5.74, 6) is 0. The minimum absolute atomic E-state index is 0.801. The van der Waals surface area contributed by atoms with E-state index in [4.69, 9.17) is 5.41 Å². The van der Waals surface area contributed by atoms with Gasteiger partial charge in [-0.25, -0.2) is 0 Å². The van der Waals surface area contributed by atoms with Crippen molar-refractivity contribution in [3.63, 3.8) is 0 Å². The molecule has 1 aliphatic carbocycles. The Balaban J connectivity index is 2.25. The van der Waals surface area contributed by atoms with Gasteiger partial charge in [0.1, 0.15) is 0 Å². The highest BCUT2D eigenvalue weighted by molar-refractivity contribution is 6.01. The van der Waals surface area contributed by atoms with E-state index < -0.39 is 0 Å². The molecule has 0 aromatic heterocycles. The van der Waals surface area contributed by atoms with Crippen molar-refractivity contribution in [1.29, 1.82) is 0 Å². The average Bonchev–Trinajstić information content (AvgIpc) is 2.23. The molecule has 0 heterocycles. The third-order valence-electron chi connectivity index (χ3n) is 2.07. The van der Waals surface area contributed by atoms with Gasteiger partial charge in [0.2, 0.25) is 0 Å². The number of allylic oxidation sites excluding steroid dienone is 5. The summed E-state index contributed by atoms with van der Waals surface area (Å²) in [4.78, 5) is 0. The third kappa shape index (κ3) is 2.07. The van der Waals surface area contributed by atoms with Gasteiger partial charge in [-0.2, -0.15) is 0 Å². The molecule has 14 heavy (non-hydrogen) atoms. The normalized spacial score (nSPS) is 14.6. The van der Waals surface area contributed by atoms with Crippen LogP contribution in [0.3, 0.4) is 0 Å². The Kier molecular flexibility index (Phi) is 2.41. The zero-order valence-electron chi connectivity index (χ0n) is 7.85. The lowest BCUT2D eigenvalue weighted by molar-refractivity contribution is -0.110. The summed E-state index contributed by atoms with van der Waals surface area (Å²) >= 11 is 0. The van der Waals surface area contributed by atoms with Gasteiger partial charge in [0.25, 0.3) is 0 Å². The fraction of sp³-hybridized carbons (Fsp3) is 0. The first-order chi connectivity index (χ1) is 6.84. The Morgan fingerprint density at radius 2 is 1.50 bits per heavy atom. The van der Waals surface area contributed by atoms with Crippen LogP contribution in [0.4, 0.5) is 0 Å². The van der Waals surface area contributed by atoms with E-state index >= 15 is 0 Å². The molecule has 1 aromatic carbocycles. The number of rotatable bonds is 1. The maximum atomic E-state index is 5.61. The van der Waals surface area contributed by atoms with Crippen LogP contribution in [0.25, 0.3) is 6.08 Å². The van der Waals surface area contributed by atoms with E-state index in [-0.39, 0.29) is 0 Å². The van der Waals surface area contributed by atoms with Gasteiger partial charge < -0.3 is 0 Å². The highest BCUT2D eigenvalue weighted by Crippen LogP contribution is 2.11. The fourth-order valence-electron chi connectivity index (χ4n) is 1.33. The summed E-state index contributed by atoms with van der Waals surface area (Å²) < 4.78 is 0. The number of hydrogen-bond donors (Lipinski definition) is 1. The van der Waals surface area contributed by atoms with Crippen LogP contribution in [0.1, 0.15) is 5.56 Å². The average molecular weight is 182 g/mol. The zero-order valence-corrected chi connectivity index (χ0v) is 7.85. The van der Waals surface area contributed by atoms with Crippen LogP contribution in [0.15, 0.2) is 60.2 Å². The van der Waals surface area contributed by atoms with Gasteiger partial charge in [-0.1, -0.05) is 30.3 Å². The lowest BCUT2D eigenvalue weighted by Gasteiger charge is -1.98. The van der Waals surface area contributed by atoms with E-state index in [1.807, 2.05) is 42.5 Å². The highest BCUT2D eigenvalue weighted by Gasteiger charge is 1.98. The molecule has 1 aliphatic rings.